The summed E-state index contributed by atoms with van der Waals surface area (Å²) in [6.07, 6.45) is -0.0685. The second kappa shape index (κ2) is 7.40. The van der Waals surface area contributed by atoms with Crippen LogP contribution in [0.2, 0.25) is 0 Å². The van der Waals surface area contributed by atoms with Crippen molar-refractivity contribution in [3.05, 3.63) is 34.1 Å². The van der Waals surface area contributed by atoms with Crippen LogP contribution < -0.4 is 0 Å². The number of hydrogen-bond acceptors (Lipinski definition) is 6. The molecule has 3 heterocycles. The van der Waals surface area contributed by atoms with Crippen molar-refractivity contribution in [3.63, 3.8) is 0 Å². The normalized spacial score (nSPS) is 21.3. The molecular weight excluding hydrogens is 331 g/mol. The van der Waals surface area contributed by atoms with Gasteiger partial charge in [0.05, 0.1) is 13.0 Å². The highest BCUT2D eigenvalue weighted by atomic mass is 32.1. The van der Waals surface area contributed by atoms with Gasteiger partial charge in [-0.2, -0.15) is 4.98 Å². The smallest absolute Gasteiger partial charge is 0.227 e. The van der Waals surface area contributed by atoms with Crippen LogP contribution in [0, 0.1) is 6.92 Å². The molecule has 1 amide bonds. The predicted octanol–water partition coefficient (Wildman–Crippen LogP) is 2.05. The Balaban J connectivity index is 1.58. The lowest BCUT2D eigenvalue weighted by Crippen LogP contribution is -2.41. The number of alkyl halides is 1. The van der Waals surface area contributed by atoms with Crippen LogP contribution in [-0.2, 0) is 17.8 Å². The van der Waals surface area contributed by atoms with Crippen LogP contribution in [0.4, 0.5) is 4.39 Å². The number of carbonyl (C=O) groups is 1. The van der Waals surface area contributed by atoms with Crippen LogP contribution in [0.25, 0.3) is 0 Å². The van der Waals surface area contributed by atoms with Gasteiger partial charge in [0.25, 0.3) is 0 Å². The van der Waals surface area contributed by atoms with Crippen LogP contribution >= 0.6 is 11.3 Å². The fraction of sp³-hybridized carbons (Fsp3) is 0.562. The molecule has 0 aromatic carbocycles. The van der Waals surface area contributed by atoms with Crippen LogP contribution in [0.1, 0.15) is 23.0 Å². The highest BCUT2D eigenvalue weighted by Crippen LogP contribution is 2.23. The van der Waals surface area contributed by atoms with E-state index in [0.717, 1.165) is 4.88 Å². The minimum atomic E-state index is -0.885. The lowest BCUT2D eigenvalue weighted by Gasteiger charge is -2.27. The highest BCUT2D eigenvalue weighted by Gasteiger charge is 2.34. The Labute approximate surface area is 144 Å². The van der Waals surface area contributed by atoms with Crippen molar-refractivity contribution in [1.82, 2.24) is 19.9 Å². The number of carbonyl (C=O) groups excluding carboxylic acids is 1. The number of likely N-dealkylation sites (tertiary alicyclic amines) is 1. The summed E-state index contributed by atoms with van der Waals surface area (Å²) in [6.45, 7) is 3.01. The van der Waals surface area contributed by atoms with Crippen LogP contribution in [0.5, 0.6) is 0 Å². The minimum absolute atomic E-state index is 0.0314. The molecule has 0 unspecified atom stereocenters. The maximum atomic E-state index is 13.9. The first kappa shape index (κ1) is 17.0. The average Bonchev–Trinajstić information content (AvgIpc) is 3.23. The van der Waals surface area contributed by atoms with Gasteiger partial charge in [-0.05, 0) is 17.9 Å². The second-order valence-electron chi connectivity index (χ2n) is 6.18. The molecule has 0 aliphatic carbocycles. The van der Waals surface area contributed by atoms with Gasteiger partial charge >= 0.3 is 0 Å². The summed E-state index contributed by atoms with van der Waals surface area (Å²) in [5.74, 6) is 1.11. The van der Waals surface area contributed by atoms with E-state index >= 15 is 0 Å². The number of hydrogen-bond donors (Lipinski definition) is 0. The van der Waals surface area contributed by atoms with E-state index in [2.05, 4.69) is 10.1 Å². The van der Waals surface area contributed by atoms with Crippen LogP contribution in [-0.4, -0.2) is 58.2 Å². The van der Waals surface area contributed by atoms with Gasteiger partial charge in [0, 0.05) is 38.0 Å². The van der Waals surface area contributed by atoms with Gasteiger partial charge in [-0.25, -0.2) is 4.39 Å². The van der Waals surface area contributed by atoms with E-state index < -0.39 is 6.17 Å². The molecule has 130 valence electrons. The van der Waals surface area contributed by atoms with E-state index in [1.165, 1.54) is 0 Å². The summed E-state index contributed by atoms with van der Waals surface area (Å²) in [6, 6.07) is 3.86. The van der Waals surface area contributed by atoms with Crippen molar-refractivity contribution >= 4 is 17.2 Å². The first-order valence-corrected chi connectivity index (χ1v) is 8.83. The van der Waals surface area contributed by atoms with Gasteiger partial charge in [0.15, 0.2) is 5.82 Å². The minimum Gasteiger partial charge on any atom is -0.344 e. The lowest BCUT2D eigenvalue weighted by molar-refractivity contribution is -0.129. The number of nitrogens with zero attached hydrogens (tertiary/aromatic N) is 4. The molecule has 0 bridgehead atoms. The van der Waals surface area contributed by atoms with Gasteiger partial charge in [-0.3, -0.25) is 9.69 Å². The van der Waals surface area contributed by atoms with E-state index in [-0.39, 0.29) is 11.9 Å². The van der Waals surface area contributed by atoms with Crippen molar-refractivity contribution in [3.8, 4) is 0 Å². The van der Waals surface area contributed by atoms with E-state index in [1.807, 2.05) is 22.4 Å². The molecule has 0 radical (unpaired) electrons. The number of likely N-dealkylation sites (N-methyl/N-ethyl adjacent to an activating group) is 1. The van der Waals surface area contributed by atoms with E-state index in [9.17, 15) is 9.18 Å². The van der Waals surface area contributed by atoms with Gasteiger partial charge < -0.3 is 9.42 Å². The highest BCUT2D eigenvalue weighted by molar-refractivity contribution is 7.10. The topological polar surface area (TPSA) is 62.5 Å². The largest absolute Gasteiger partial charge is 0.344 e. The molecule has 2 atom stereocenters. The molecule has 8 heteroatoms. The Morgan fingerprint density at radius 2 is 2.42 bits per heavy atom. The molecular formula is C16H21FN4O2S. The summed E-state index contributed by atoms with van der Waals surface area (Å²) in [5, 5.41) is 5.83. The molecule has 0 N–H and O–H groups in total. The fourth-order valence-corrected chi connectivity index (χ4v) is 3.70. The first-order valence-electron chi connectivity index (χ1n) is 7.95. The predicted molar refractivity (Wildman–Crippen MR) is 88.4 cm³/mol. The van der Waals surface area contributed by atoms with Crippen LogP contribution in [0.15, 0.2) is 22.0 Å². The van der Waals surface area contributed by atoms with E-state index in [0.29, 0.717) is 44.2 Å². The number of aryl methyl sites for hydroxylation is 1. The number of rotatable bonds is 6. The van der Waals surface area contributed by atoms with E-state index in [1.54, 1.807) is 30.2 Å². The molecule has 3 rings (SSSR count). The third-order valence-electron chi connectivity index (χ3n) is 4.21. The maximum Gasteiger partial charge on any atom is 0.227 e. The number of thiophene rings is 1. The second-order valence-corrected chi connectivity index (χ2v) is 7.21. The molecule has 24 heavy (non-hydrogen) atoms. The Kier molecular flexibility index (Phi) is 5.25. The Hall–Kier alpha value is -1.80. The number of halogens is 1. The molecule has 2 aromatic heterocycles. The fourth-order valence-electron chi connectivity index (χ4n) is 3.01. The zero-order chi connectivity index (χ0) is 17.1. The summed E-state index contributed by atoms with van der Waals surface area (Å²) < 4.78 is 18.9. The molecule has 6 nitrogen and oxygen atoms in total. The molecule has 0 saturated carbocycles. The first-order chi connectivity index (χ1) is 11.5. The van der Waals surface area contributed by atoms with Crippen LogP contribution in [0.3, 0.4) is 0 Å². The SMILES string of the molecule is Cc1nc(CN2C[C@@H](F)C[C@H]2CN(C)C(=O)Cc2cccs2)no1. The standard InChI is InChI=1S/C16H21FN4O2S/c1-11-18-15(19-23-11)10-21-8-12(17)6-13(21)9-20(2)16(22)7-14-4-3-5-24-14/h3-5,12-13H,6-10H2,1-2H3/t12-,13-/m0/s1. The van der Waals surface area contributed by atoms with Crippen molar-refractivity contribution in [2.45, 2.75) is 38.5 Å². The average molecular weight is 352 g/mol. The monoisotopic (exact) mass is 352 g/mol. The lowest BCUT2D eigenvalue weighted by atomic mass is 10.2. The van der Waals surface area contributed by atoms with Gasteiger partial charge in [-0.15, -0.1) is 11.3 Å². The molecule has 2 aromatic rings. The van der Waals surface area contributed by atoms with Gasteiger partial charge in [0.2, 0.25) is 11.8 Å². The van der Waals surface area contributed by atoms with E-state index in [4.69, 9.17) is 4.52 Å². The zero-order valence-corrected chi connectivity index (χ0v) is 14.6. The molecule has 0 spiro atoms. The van der Waals surface area contributed by atoms with Gasteiger partial charge in [-0.1, -0.05) is 11.2 Å². The number of aromatic nitrogens is 2. The molecule has 1 fully saturated rings. The van der Waals surface area contributed by atoms with Crippen molar-refractivity contribution in [2.24, 2.45) is 0 Å². The van der Waals surface area contributed by atoms with Crippen molar-refractivity contribution in [2.75, 3.05) is 20.1 Å². The van der Waals surface area contributed by atoms with Crippen molar-refractivity contribution < 1.29 is 13.7 Å². The molecule has 1 aliphatic rings. The summed E-state index contributed by atoms with van der Waals surface area (Å²) in [4.78, 5) is 21.2. The quantitative estimate of drug-likeness (QED) is 0.796. The third-order valence-corrected chi connectivity index (χ3v) is 5.08. The summed E-state index contributed by atoms with van der Waals surface area (Å²) >= 11 is 1.57. The Morgan fingerprint density at radius 3 is 3.08 bits per heavy atom. The summed E-state index contributed by atoms with van der Waals surface area (Å²) in [7, 11) is 1.78. The van der Waals surface area contributed by atoms with Gasteiger partial charge in [0.1, 0.15) is 6.17 Å². The molecule has 1 aliphatic heterocycles. The molecule has 1 saturated heterocycles. The maximum absolute atomic E-state index is 13.9. The Bertz CT molecular complexity index is 675. The number of amides is 1. The third kappa shape index (κ3) is 4.18. The summed E-state index contributed by atoms with van der Waals surface area (Å²) in [5.41, 5.74) is 0. The van der Waals surface area contributed by atoms with Crippen molar-refractivity contribution in [1.29, 1.82) is 0 Å². The zero-order valence-electron chi connectivity index (χ0n) is 13.8. The Morgan fingerprint density at radius 1 is 1.58 bits per heavy atom.